The molecule has 1 heterocycles. The zero-order valence-corrected chi connectivity index (χ0v) is 19.0. The van der Waals surface area contributed by atoms with Crippen molar-refractivity contribution in [3.8, 4) is 0 Å². The van der Waals surface area contributed by atoms with Gasteiger partial charge in [0.25, 0.3) is 15.9 Å². The second kappa shape index (κ2) is 8.78. The van der Waals surface area contributed by atoms with Crippen molar-refractivity contribution in [2.24, 2.45) is 0 Å². The van der Waals surface area contributed by atoms with Crippen LogP contribution in [0.1, 0.15) is 48.5 Å². The number of hydrogen-bond acceptors (Lipinski definition) is 4. The average molecular weight is 454 g/mol. The molecule has 0 spiro atoms. The van der Waals surface area contributed by atoms with Gasteiger partial charge in [0.05, 0.1) is 10.6 Å². The molecule has 1 aliphatic carbocycles. The number of carbonyl (C=O) groups is 1. The standard InChI is InChI=1S/C24H27N3O4S/c1-3-16-8-4-7-11-22(16)27(2)32(30,31)18-12-13-21-19(14-18)23(28)20(15-25-21)24(29)26-17-9-5-6-10-17/h4,7-8,11-15,17H,3,5-6,9-10H2,1-2H3,(H,25,28)(H,26,29). The minimum absolute atomic E-state index is 0.00254. The number of anilines is 1. The Kier molecular flexibility index (Phi) is 6.06. The maximum absolute atomic E-state index is 13.3. The molecular weight excluding hydrogens is 426 g/mol. The Hall–Kier alpha value is -3.13. The highest BCUT2D eigenvalue weighted by Gasteiger charge is 2.25. The van der Waals surface area contributed by atoms with Crippen LogP contribution in [0.2, 0.25) is 0 Å². The monoisotopic (exact) mass is 453 g/mol. The number of pyridine rings is 1. The number of nitrogens with zero attached hydrogens (tertiary/aromatic N) is 1. The Morgan fingerprint density at radius 2 is 1.88 bits per heavy atom. The van der Waals surface area contributed by atoms with Crippen LogP contribution >= 0.6 is 0 Å². The second-order valence-electron chi connectivity index (χ2n) is 8.15. The first-order chi connectivity index (χ1) is 15.3. The minimum atomic E-state index is -3.90. The maximum atomic E-state index is 13.3. The third-order valence-corrected chi connectivity index (χ3v) is 7.92. The molecule has 0 radical (unpaired) electrons. The molecule has 1 saturated carbocycles. The number of aryl methyl sites for hydroxylation is 1. The smallest absolute Gasteiger partial charge is 0.264 e. The average Bonchev–Trinajstić information content (AvgIpc) is 3.31. The van der Waals surface area contributed by atoms with Gasteiger partial charge in [0.2, 0.25) is 5.43 Å². The number of nitrogens with one attached hydrogen (secondary N) is 2. The lowest BCUT2D eigenvalue weighted by atomic mass is 10.1. The fourth-order valence-corrected chi connectivity index (χ4v) is 5.52. The number of sulfonamides is 1. The molecule has 0 bridgehead atoms. The topological polar surface area (TPSA) is 99.3 Å². The third kappa shape index (κ3) is 4.02. The van der Waals surface area contributed by atoms with E-state index in [4.69, 9.17) is 0 Å². The van der Waals surface area contributed by atoms with E-state index in [0.717, 1.165) is 31.2 Å². The van der Waals surface area contributed by atoms with Crippen molar-refractivity contribution in [1.82, 2.24) is 10.3 Å². The quantitative estimate of drug-likeness (QED) is 0.596. The highest BCUT2D eigenvalue weighted by molar-refractivity contribution is 7.92. The van der Waals surface area contributed by atoms with Crippen LogP contribution in [0, 0.1) is 0 Å². The van der Waals surface area contributed by atoms with Gasteiger partial charge in [-0.25, -0.2) is 8.42 Å². The largest absolute Gasteiger partial charge is 0.360 e. The molecule has 1 aliphatic rings. The summed E-state index contributed by atoms with van der Waals surface area (Å²) in [4.78, 5) is 28.7. The van der Waals surface area contributed by atoms with E-state index in [2.05, 4.69) is 10.3 Å². The number of carbonyl (C=O) groups excluding carboxylic acids is 1. The first kappa shape index (κ1) is 22.1. The highest BCUT2D eigenvalue weighted by atomic mass is 32.2. The third-order valence-electron chi connectivity index (χ3n) is 6.16. The predicted molar refractivity (Wildman–Crippen MR) is 126 cm³/mol. The maximum Gasteiger partial charge on any atom is 0.264 e. The summed E-state index contributed by atoms with van der Waals surface area (Å²) in [5.41, 5.74) is 1.48. The Labute approximate surface area is 187 Å². The molecule has 32 heavy (non-hydrogen) atoms. The van der Waals surface area contributed by atoms with Crippen LogP contribution < -0.4 is 15.1 Å². The number of H-pyrrole nitrogens is 1. The van der Waals surface area contributed by atoms with E-state index in [-0.39, 0.29) is 21.9 Å². The van der Waals surface area contributed by atoms with Gasteiger partial charge >= 0.3 is 0 Å². The van der Waals surface area contributed by atoms with E-state index in [0.29, 0.717) is 17.6 Å². The second-order valence-corrected chi connectivity index (χ2v) is 10.1. The van der Waals surface area contributed by atoms with Gasteiger partial charge in [-0.2, -0.15) is 0 Å². The van der Waals surface area contributed by atoms with Crippen molar-refractivity contribution < 1.29 is 13.2 Å². The predicted octanol–water partition coefficient (Wildman–Crippen LogP) is 3.59. The van der Waals surface area contributed by atoms with Gasteiger partial charge in [-0.15, -0.1) is 0 Å². The zero-order chi connectivity index (χ0) is 22.9. The van der Waals surface area contributed by atoms with Crippen molar-refractivity contribution in [1.29, 1.82) is 0 Å². The number of rotatable bonds is 6. The molecule has 2 aromatic carbocycles. The zero-order valence-electron chi connectivity index (χ0n) is 18.2. The van der Waals surface area contributed by atoms with Gasteiger partial charge in [0.1, 0.15) is 5.56 Å². The van der Waals surface area contributed by atoms with Gasteiger partial charge in [-0.3, -0.25) is 13.9 Å². The molecule has 1 aromatic heterocycles. The normalized spacial score (nSPS) is 14.6. The molecule has 3 aromatic rings. The first-order valence-corrected chi connectivity index (χ1v) is 12.3. The summed E-state index contributed by atoms with van der Waals surface area (Å²) in [6.45, 7) is 1.97. The molecule has 1 fully saturated rings. The van der Waals surface area contributed by atoms with Crippen molar-refractivity contribution in [3.63, 3.8) is 0 Å². The fourth-order valence-electron chi connectivity index (χ4n) is 4.26. The van der Waals surface area contributed by atoms with E-state index >= 15 is 0 Å². The number of hydrogen-bond donors (Lipinski definition) is 2. The summed E-state index contributed by atoms with van der Waals surface area (Å²) in [6, 6.07) is 11.8. The molecular formula is C24H27N3O4S. The first-order valence-electron chi connectivity index (χ1n) is 10.9. The molecule has 0 aliphatic heterocycles. The Bertz CT molecular complexity index is 1320. The number of amides is 1. The van der Waals surface area contributed by atoms with Gasteiger partial charge < -0.3 is 10.3 Å². The molecule has 168 valence electrons. The van der Waals surface area contributed by atoms with Gasteiger partial charge in [0.15, 0.2) is 0 Å². The minimum Gasteiger partial charge on any atom is -0.360 e. The lowest BCUT2D eigenvalue weighted by Crippen LogP contribution is -2.35. The van der Waals surface area contributed by atoms with E-state index in [9.17, 15) is 18.0 Å². The Morgan fingerprint density at radius 1 is 1.16 bits per heavy atom. The SMILES string of the molecule is CCc1ccccc1N(C)S(=O)(=O)c1ccc2[nH]cc(C(=O)NC3CCCC3)c(=O)c2c1. The van der Waals surface area contributed by atoms with Crippen LogP contribution in [0.3, 0.4) is 0 Å². The van der Waals surface area contributed by atoms with Crippen molar-refractivity contribution >= 4 is 32.5 Å². The number of aromatic amines is 1. The van der Waals surface area contributed by atoms with E-state index in [1.807, 2.05) is 19.1 Å². The lowest BCUT2D eigenvalue weighted by Gasteiger charge is -2.22. The molecule has 4 rings (SSSR count). The van der Waals surface area contributed by atoms with Crippen LogP contribution in [0.4, 0.5) is 5.69 Å². The number of fused-ring (bicyclic) bond motifs is 1. The summed E-state index contributed by atoms with van der Waals surface area (Å²) < 4.78 is 27.9. The molecule has 0 saturated heterocycles. The molecule has 8 heteroatoms. The summed E-state index contributed by atoms with van der Waals surface area (Å²) in [7, 11) is -2.40. The van der Waals surface area contributed by atoms with E-state index in [1.165, 1.54) is 29.7 Å². The summed E-state index contributed by atoms with van der Waals surface area (Å²) in [5, 5.41) is 3.08. The van der Waals surface area contributed by atoms with Crippen molar-refractivity contribution in [3.05, 3.63) is 70.0 Å². The summed E-state index contributed by atoms with van der Waals surface area (Å²) in [5.74, 6) is -0.428. The molecule has 2 N–H and O–H groups in total. The van der Waals surface area contributed by atoms with Gasteiger partial charge in [-0.1, -0.05) is 38.0 Å². The van der Waals surface area contributed by atoms with E-state index in [1.54, 1.807) is 18.2 Å². The molecule has 1 amide bonds. The molecule has 0 atom stereocenters. The van der Waals surface area contributed by atoms with Crippen LogP contribution in [0.25, 0.3) is 10.9 Å². The Balaban J connectivity index is 1.72. The molecule has 0 unspecified atom stereocenters. The summed E-state index contributed by atoms with van der Waals surface area (Å²) >= 11 is 0. The van der Waals surface area contributed by atoms with Crippen molar-refractivity contribution in [2.75, 3.05) is 11.4 Å². The Morgan fingerprint density at radius 3 is 2.59 bits per heavy atom. The summed E-state index contributed by atoms with van der Waals surface area (Å²) in [6.07, 6.45) is 6.03. The van der Waals surface area contributed by atoms with E-state index < -0.39 is 21.4 Å². The van der Waals surface area contributed by atoms with Gasteiger partial charge in [0, 0.05) is 30.2 Å². The lowest BCUT2D eigenvalue weighted by molar-refractivity contribution is 0.0936. The number of para-hydroxylation sites is 1. The fraction of sp³-hybridized carbons (Fsp3) is 0.333. The van der Waals surface area contributed by atoms with Gasteiger partial charge in [-0.05, 0) is 49.1 Å². The highest BCUT2D eigenvalue weighted by Crippen LogP contribution is 2.27. The number of benzene rings is 2. The van der Waals surface area contributed by atoms with Crippen molar-refractivity contribution in [2.45, 2.75) is 50.0 Å². The number of aromatic nitrogens is 1. The molecule has 7 nitrogen and oxygen atoms in total. The van der Waals surface area contributed by atoms with Crippen LogP contribution in [-0.4, -0.2) is 32.4 Å². The van der Waals surface area contributed by atoms with Crippen LogP contribution in [-0.2, 0) is 16.4 Å². The van der Waals surface area contributed by atoms with Crippen LogP contribution in [0.15, 0.2) is 58.4 Å². The van der Waals surface area contributed by atoms with Crippen LogP contribution in [0.5, 0.6) is 0 Å².